The highest BCUT2D eigenvalue weighted by molar-refractivity contribution is 7.89. The zero-order valence-electron chi connectivity index (χ0n) is 16.2. The van der Waals surface area contributed by atoms with Crippen LogP contribution in [0, 0.1) is 0 Å². The zero-order valence-corrected chi connectivity index (χ0v) is 17.8. The fourth-order valence-corrected chi connectivity index (χ4v) is 5.87. The van der Waals surface area contributed by atoms with Crippen LogP contribution in [0.4, 0.5) is 5.13 Å². The number of hydrogen-bond donors (Lipinski definition) is 1. The minimum absolute atomic E-state index is 0.0908. The Morgan fingerprint density at radius 1 is 1.07 bits per heavy atom. The van der Waals surface area contributed by atoms with Crippen molar-refractivity contribution in [1.82, 2.24) is 9.29 Å². The van der Waals surface area contributed by atoms with Crippen LogP contribution >= 0.6 is 11.3 Å². The highest BCUT2D eigenvalue weighted by Gasteiger charge is 2.35. The van der Waals surface area contributed by atoms with E-state index in [1.807, 2.05) is 36.4 Å². The first-order valence-electron chi connectivity index (χ1n) is 9.61. The van der Waals surface area contributed by atoms with Crippen molar-refractivity contribution >= 4 is 53.4 Å². The maximum Gasteiger partial charge on any atom is 0.257 e. The molecule has 1 amide bonds. The zero-order chi connectivity index (χ0) is 20.9. The molecule has 152 valence electrons. The molecule has 1 aromatic heterocycles. The quantitative estimate of drug-likeness (QED) is 0.499. The summed E-state index contributed by atoms with van der Waals surface area (Å²) in [5.74, 6) is -0.321. The van der Waals surface area contributed by atoms with Crippen molar-refractivity contribution in [3.8, 4) is 0 Å². The van der Waals surface area contributed by atoms with Crippen molar-refractivity contribution < 1.29 is 13.2 Å². The van der Waals surface area contributed by atoms with Gasteiger partial charge < -0.3 is 0 Å². The number of sulfonamides is 1. The van der Waals surface area contributed by atoms with Crippen LogP contribution in [0.25, 0.3) is 21.0 Å². The number of nitrogens with one attached hydrogen (secondary N) is 1. The van der Waals surface area contributed by atoms with Gasteiger partial charge in [-0.15, -0.1) is 0 Å². The third kappa shape index (κ3) is 3.36. The monoisotopic (exact) mass is 437 g/mol. The maximum absolute atomic E-state index is 12.7. The molecule has 0 unspecified atom stereocenters. The minimum Gasteiger partial charge on any atom is -0.298 e. The number of benzene rings is 3. The van der Waals surface area contributed by atoms with Crippen molar-refractivity contribution in [2.45, 2.75) is 23.8 Å². The first-order valence-corrected chi connectivity index (χ1v) is 11.9. The van der Waals surface area contributed by atoms with Gasteiger partial charge in [-0.25, -0.2) is 13.4 Å². The van der Waals surface area contributed by atoms with E-state index in [1.54, 1.807) is 7.05 Å². The number of anilines is 1. The molecular weight excluding hydrogens is 418 g/mol. The van der Waals surface area contributed by atoms with E-state index in [0.717, 1.165) is 33.8 Å². The highest BCUT2D eigenvalue weighted by Crippen LogP contribution is 2.33. The Kier molecular flexibility index (Phi) is 4.57. The van der Waals surface area contributed by atoms with Crippen molar-refractivity contribution in [1.29, 1.82) is 0 Å². The van der Waals surface area contributed by atoms with E-state index < -0.39 is 10.0 Å². The molecule has 4 aromatic rings. The predicted octanol–water partition coefficient (Wildman–Crippen LogP) is 4.48. The van der Waals surface area contributed by atoms with E-state index in [9.17, 15) is 13.2 Å². The van der Waals surface area contributed by atoms with Crippen molar-refractivity contribution in [2.75, 3.05) is 12.4 Å². The highest BCUT2D eigenvalue weighted by atomic mass is 32.2. The molecule has 1 fully saturated rings. The van der Waals surface area contributed by atoms with Crippen LogP contribution in [0.5, 0.6) is 0 Å². The summed E-state index contributed by atoms with van der Waals surface area (Å²) in [6.45, 7) is 0. The molecule has 0 bridgehead atoms. The van der Waals surface area contributed by atoms with E-state index >= 15 is 0 Å². The van der Waals surface area contributed by atoms with E-state index in [1.165, 1.54) is 39.9 Å². The molecule has 1 aliphatic rings. The first kappa shape index (κ1) is 19.2. The summed E-state index contributed by atoms with van der Waals surface area (Å²) in [5, 5.41) is 5.56. The molecule has 1 aliphatic carbocycles. The van der Waals surface area contributed by atoms with E-state index in [2.05, 4.69) is 10.3 Å². The van der Waals surface area contributed by atoms with Crippen molar-refractivity contribution in [2.24, 2.45) is 0 Å². The van der Waals surface area contributed by atoms with E-state index in [-0.39, 0.29) is 16.8 Å². The van der Waals surface area contributed by atoms with Gasteiger partial charge in [-0.1, -0.05) is 41.7 Å². The SMILES string of the molecule is CN(C1CC1)S(=O)(=O)c1ccc(C(=O)Nc2nc3ccc4ccccc4c3s2)cc1. The van der Waals surface area contributed by atoms with Gasteiger partial charge in [-0.05, 0) is 48.6 Å². The number of nitrogens with zero attached hydrogens (tertiary/aromatic N) is 2. The van der Waals surface area contributed by atoms with Crippen LogP contribution in [0.1, 0.15) is 23.2 Å². The molecule has 3 aromatic carbocycles. The standard InChI is InChI=1S/C22H19N3O3S2/c1-25(16-9-10-16)30(27,28)17-11-6-15(7-12-17)21(26)24-22-23-19-13-8-14-4-2-3-5-18(14)20(19)29-22/h2-8,11-13,16H,9-10H2,1H3,(H,23,24,26). The number of amides is 1. The summed E-state index contributed by atoms with van der Waals surface area (Å²) in [4.78, 5) is 17.4. The van der Waals surface area contributed by atoms with Crippen LogP contribution < -0.4 is 5.32 Å². The van der Waals surface area contributed by atoms with Gasteiger partial charge in [0.1, 0.15) is 0 Å². The summed E-state index contributed by atoms with van der Waals surface area (Å²) in [6, 6.07) is 18.1. The lowest BCUT2D eigenvalue weighted by molar-refractivity contribution is 0.102. The normalized spacial score (nSPS) is 14.5. The summed E-state index contributed by atoms with van der Waals surface area (Å²) < 4.78 is 27.7. The van der Waals surface area contributed by atoms with Crippen LogP contribution in [-0.2, 0) is 10.0 Å². The lowest BCUT2D eigenvalue weighted by Gasteiger charge is -2.16. The molecule has 0 saturated heterocycles. The molecule has 1 saturated carbocycles. The topological polar surface area (TPSA) is 79.4 Å². The second-order valence-electron chi connectivity index (χ2n) is 7.38. The Bertz CT molecular complexity index is 1370. The van der Waals surface area contributed by atoms with Crippen LogP contribution in [0.2, 0.25) is 0 Å². The van der Waals surface area contributed by atoms with Crippen LogP contribution in [-0.4, -0.2) is 36.7 Å². The lowest BCUT2D eigenvalue weighted by Crippen LogP contribution is -2.29. The minimum atomic E-state index is -3.52. The Morgan fingerprint density at radius 3 is 2.53 bits per heavy atom. The molecule has 0 atom stereocenters. The molecule has 0 aliphatic heterocycles. The lowest BCUT2D eigenvalue weighted by atomic mass is 10.1. The van der Waals surface area contributed by atoms with Gasteiger partial charge >= 0.3 is 0 Å². The molecular formula is C22H19N3O3S2. The average molecular weight is 438 g/mol. The average Bonchev–Trinajstić information content (AvgIpc) is 3.52. The molecule has 8 heteroatoms. The summed E-state index contributed by atoms with van der Waals surface area (Å²) in [6.07, 6.45) is 1.79. The van der Waals surface area contributed by atoms with Gasteiger partial charge in [0.2, 0.25) is 10.0 Å². The van der Waals surface area contributed by atoms with Crippen molar-refractivity contribution in [3.05, 3.63) is 66.2 Å². The Hall–Kier alpha value is -2.81. The molecule has 1 heterocycles. The fraction of sp³-hybridized carbons (Fsp3) is 0.182. The number of carbonyl (C=O) groups is 1. The number of aromatic nitrogens is 1. The van der Waals surface area contributed by atoms with Crippen LogP contribution in [0.3, 0.4) is 0 Å². The van der Waals surface area contributed by atoms with Gasteiger partial charge in [-0.3, -0.25) is 10.1 Å². The number of carbonyl (C=O) groups excluding carboxylic acids is 1. The molecule has 0 radical (unpaired) electrons. The van der Waals surface area contributed by atoms with Gasteiger partial charge in [-0.2, -0.15) is 4.31 Å². The Morgan fingerprint density at radius 2 is 1.80 bits per heavy atom. The largest absolute Gasteiger partial charge is 0.298 e. The number of hydrogen-bond acceptors (Lipinski definition) is 5. The number of thiazole rings is 1. The molecule has 6 nitrogen and oxygen atoms in total. The van der Waals surface area contributed by atoms with Crippen molar-refractivity contribution in [3.63, 3.8) is 0 Å². The van der Waals surface area contributed by atoms with E-state index in [4.69, 9.17) is 0 Å². The van der Waals surface area contributed by atoms with Gasteiger partial charge in [0.15, 0.2) is 5.13 Å². The second-order valence-corrected chi connectivity index (χ2v) is 10.4. The molecule has 30 heavy (non-hydrogen) atoms. The summed E-state index contributed by atoms with van der Waals surface area (Å²) in [7, 11) is -1.92. The number of rotatable bonds is 5. The number of fused-ring (bicyclic) bond motifs is 3. The summed E-state index contributed by atoms with van der Waals surface area (Å²) >= 11 is 1.43. The molecule has 1 N–H and O–H groups in total. The van der Waals surface area contributed by atoms with Gasteiger partial charge in [0.05, 0.1) is 15.1 Å². The maximum atomic E-state index is 12.7. The Labute approximate surface area is 178 Å². The van der Waals surface area contributed by atoms with Crippen LogP contribution in [0.15, 0.2) is 65.6 Å². The second kappa shape index (κ2) is 7.16. The van der Waals surface area contributed by atoms with Gasteiger partial charge in [0, 0.05) is 24.0 Å². The fourth-order valence-electron chi connectivity index (χ4n) is 3.46. The first-order chi connectivity index (χ1) is 14.4. The smallest absolute Gasteiger partial charge is 0.257 e. The summed E-state index contributed by atoms with van der Waals surface area (Å²) in [5.41, 5.74) is 1.21. The predicted molar refractivity (Wildman–Crippen MR) is 119 cm³/mol. The van der Waals surface area contributed by atoms with E-state index in [0.29, 0.717) is 10.7 Å². The molecule has 5 rings (SSSR count). The van der Waals surface area contributed by atoms with Gasteiger partial charge in [0.25, 0.3) is 5.91 Å². The Balaban J connectivity index is 1.38. The third-order valence-corrected chi connectivity index (χ3v) is 8.30. The third-order valence-electron chi connectivity index (χ3n) is 5.35. The molecule has 0 spiro atoms.